The summed E-state index contributed by atoms with van der Waals surface area (Å²) >= 11 is 1.36. The van der Waals surface area contributed by atoms with E-state index in [1.54, 1.807) is 12.4 Å². The van der Waals surface area contributed by atoms with Gasteiger partial charge in [0.1, 0.15) is 0 Å². The van der Waals surface area contributed by atoms with Crippen LogP contribution in [0, 0.1) is 5.41 Å². The molecule has 1 spiro atoms. The highest BCUT2D eigenvalue weighted by Crippen LogP contribution is 2.43. The van der Waals surface area contributed by atoms with Gasteiger partial charge in [-0.3, -0.25) is 4.79 Å². The van der Waals surface area contributed by atoms with Gasteiger partial charge in [0.2, 0.25) is 5.95 Å². The fourth-order valence-corrected chi connectivity index (χ4v) is 5.18. The van der Waals surface area contributed by atoms with E-state index in [0.29, 0.717) is 18.2 Å². The molecular formula is C20H26N6O2S. The molecule has 5 rings (SSSR count). The van der Waals surface area contributed by atoms with E-state index in [4.69, 9.17) is 4.74 Å². The third-order valence-corrected chi connectivity index (χ3v) is 7.33. The van der Waals surface area contributed by atoms with Gasteiger partial charge in [-0.15, -0.1) is 5.10 Å². The monoisotopic (exact) mass is 414 g/mol. The summed E-state index contributed by atoms with van der Waals surface area (Å²) in [6, 6.07) is 1.85. The fourth-order valence-electron chi connectivity index (χ4n) is 4.37. The Balaban J connectivity index is 1.09. The Labute approximate surface area is 174 Å². The second-order valence-corrected chi connectivity index (χ2v) is 9.26. The molecule has 29 heavy (non-hydrogen) atoms. The number of hydrogen-bond acceptors (Lipinski definition) is 8. The zero-order valence-electron chi connectivity index (χ0n) is 16.4. The number of piperidine rings is 1. The molecule has 2 aromatic rings. The molecule has 154 valence electrons. The first-order valence-corrected chi connectivity index (χ1v) is 11.2. The predicted octanol–water partition coefficient (Wildman–Crippen LogP) is 2.40. The maximum absolute atomic E-state index is 12.5. The average molecular weight is 415 g/mol. The minimum atomic E-state index is -0.110. The van der Waals surface area contributed by atoms with E-state index in [0.717, 1.165) is 69.0 Å². The molecule has 3 fully saturated rings. The van der Waals surface area contributed by atoms with E-state index in [-0.39, 0.29) is 17.4 Å². The molecule has 1 amide bonds. The van der Waals surface area contributed by atoms with E-state index in [1.165, 1.54) is 11.5 Å². The van der Waals surface area contributed by atoms with Crippen molar-refractivity contribution in [2.45, 2.75) is 50.5 Å². The summed E-state index contributed by atoms with van der Waals surface area (Å²) in [6.45, 7) is 3.24. The Bertz CT molecular complexity index is 838. The van der Waals surface area contributed by atoms with Crippen molar-refractivity contribution in [3.05, 3.63) is 29.0 Å². The summed E-state index contributed by atoms with van der Waals surface area (Å²) in [5.74, 6) is 1.20. The van der Waals surface area contributed by atoms with Crippen molar-refractivity contribution in [2.75, 3.05) is 31.1 Å². The lowest BCUT2D eigenvalue weighted by Crippen LogP contribution is -2.48. The van der Waals surface area contributed by atoms with Crippen molar-refractivity contribution >= 4 is 23.4 Å². The SMILES string of the molecule is O=C(NCC1CCC2(CCN(c3ncccn3)CC2)CO1)c1nnsc1C1CC1. The summed E-state index contributed by atoms with van der Waals surface area (Å²) in [7, 11) is 0. The molecule has 1 saturated carbocycles. The second kappa shape index (κ2) is 7.95. The van der Waals surface area contributed by atoms with Crippen molar-refractivity contribution < 1.29 is 9.53 Å². The molecule has 0 aromatic carbocycles. The maximum atomic E-state index is 12.5. The highest BCUT2D eigenvalue weighted by atomic mass is 32.1. The third kappa shape index (κ3) is 4.11. The Morgan fingerprint density at radius 1 is 1.21 bits per heavy atom. The molecular weight excluding hydrogens is 388 g/mol. The van der Waals surface area contributed by atoms with E-state index in [1.807, 2.05) is 6.07 Å². The van der Waals surface area contributed by atoms with Crippen LogP contribution in [0.4, 0.5) is 5.95 Å². The number of nitrogens with one attached hydrogen (secondary N) is 1. The number of ether oxygens (including phenoxy) is 1. The molecule has 1 atom stereocenters. The Morgan fingerprint density at radius 3 is 2.69 bits per heavy atom. The Kier molecular flexibility index (Phi) is 5.17. The lowest BCUT2D eigenvalue weighted by Gasteiger charge is -2.45. The van der Waals surface area contributed by atoms with Crippen LogP contribution in [0.25, 0.3) is 0 Å². The summed E-state index contributed by atoms with van der Waals surface area (Å²) in [6.07, 6.45) is 10.3. The minimum absolute atomic E-state index is 0.0797. The van der Waals surface area contributed by atoms with Gasteiger partial charge in [-0.2, -0.15) is 0 Å². The molecule has 2 aromatic heterocycles. The quantitative estimate of drug-likeness (QED) is 0.803. The van der Waals surface area contributed by atoms with E-state index in [9.17, 15) is 4.79 Å². The summed E-state index contributed by atoms with van der Waals surface area (Å²) in [5.41, 5.74) is 0.768. The van der Waals surface area contributed by atoms with E-state index >= 15 is 0 Å². The molecule has 2 saturated heterocycles. The van der Waals surface area contributed by atoms with Crippen LogP contribution in [0.15, 0.2) is 18.5 Å². The lowest BCUT2D eigenvalue weighted by atomic mass is 9.73. The van der Waals surface area contributed by atoms with Crippen LogP contribution in [0.3, 0.4) is 0 Å². The summed E-state index contributed by atoms with van der Waals surface area (Å²) in [5, 5.41) is 7.06. The highest BCUT2D eigenvalue weighted by Gasteiger charge is 2.39. The number of hydrogen-bond donors (Lipinski definition) is 1. The molecule has 8 nitrogen and oxygen atoms in total. The molecule has 3 aliphatic rings. The van der Waals surface area contributed by atoms with Gasteiger partial charge in [-0.05, 0) is 67.5 Å². The minimum Gasteiger partial charge on any atom is -0.376 e. The molecule has 0 bridgehead atoms. The predicted molar refractivity (Wildman–Crippen MR) is 109 cm³/mol. The lowest BCUT2D eigenvalue weighted by molar-refractivity contribution is -0.0700. The molecule has 1 N–H and O–H groups in total. The van der Waals surface area contributed by atoms with Crippen LogP contribution in [-0.2, 0) is 4.74 Å². The standard InChI is InChI=1S/C20H26N6O2S/c27-18(16-17(14-2-3-14)29-25-24-16)23-12-15-4-5-20(13-28-15)6-10-26(11-7-20)19-21-8-1-9-22-19/h1,8-9,14-15H,2-7,10-13H2,(H,23,27). The normalized spacial score (nSPS) is 23.9. The van der Waals surface area contributed by atoms with Crippen LogP contribution in [-0.4, -0.2) is 57.8 Å². The molecule has 2 aliphatic heterocycles. The number of anilines is 1. The van der Waals surface area contributed by atoms with Crippen LogP contribution in [0.5, 0.6) is 0 Å². The number of aromatic nitrogens is 4. The average Bonchev–Trinajstić information content (AvgIpc) is 3.50. The number of carbonyl (C=O) groups is 1. The van der Waals surface area contributed by atoms with Crippen molar-refractivity contribution in [1.29, 1.82) is 0 Å². The zero-order valence-corrected chi connectivity index (χ0v) is 17.2. The highest BCUT2D eigenvalue weighted by molar-refractivity contribution is 7.06. The maximum Gasteiger partial charge on any atom is 0.273 e. The third-order valence-electron chi connectivity index (χ3n) is 6.45. The van der Waals surface area contributed by atoms with Crippen LogP contribution in [0.1, 0.15) is 59.8 Å². The summed E-state index contributed by atoms with van der Waals surface area (Å²) in [4.78, 5) is 24.5. The molecule has 9 heteroatoms. The van der Waals surface area contributed by atoms with Crippen molar-refractivity contribution in [3.63, 3.8) is 0 Å². The molecule has 4 heterocycles. The van der Waals surface area contributed by atoms with Crippen LogP contribution < -0.4 is 10.2 Å². The number of nitrogens with zero attached hydrogens (tertiary/aromatic N) is 5. The van der Waals surface area contributed by atoms with Gasteiger partial charge < -0.3 is 15.0 Å². The first kappa shape index (κ1) is 18.9. The second-order valence-electron chi connectivity index (χ2n) is 8.48. The number of carbonyl (C=O) groups excluding carboxylic acids is 1. The van der Waals surface area contributed by atoms with Crippen LogP contribution in [0.2, 0.25) is 0 Å². The molecule has 0 radical (unpaired) electrons. The van der Waals surface area contributed by atoms with Crippen LogP contribution >= 0.6 is 11.5 Å². The number of rotatable bonds is 5. The number of amides is 1. The first-order chi connectivity index (χ1) is 14.2. The van der Waals surface area contributed by atoms with Gasteiger partial charge in [0.25, 0.3) is 5.91 Å². The largest absolute Gasteiger partial charge is 0.376 e. The van der Waals surface area contributed by atoms with Gasteiger partial charge in [-0.1, -0.05) is 4.49 Å². The fraction of sp³-hybridized carbons (Fsp3) is 0.650. The van der Waals surface area contributed by atoms with Gasteiger partial charge in [0.05, 0.1) is 17.6 Å². The Hall–Kier alpha value is -2.13. The van der Waals surface area contributed by atoms with Crippen molar-refractivity contribution in [3.8, 4) is 0 Å². The topological polar surface area (TPSA) is 93.1 Å². The zero-order chi connectivity index (χ0) is 19.7. The van der Waals surface area contributed by atoms with Gasteiger partial charge in [-0.25, -0.2) is 9.97 Å². The van der Waals surface area contributed by atoms with Gasteiger partial charge >= 0.3 is 0 Å². The Morgan fingerprint density at radius 2 is 2.00 bits per heavy atom. The van der Waals surface area contributed by atoms with E-state index in [2.05, 4.69) is 29.8 Å². The van der Waals surface area contributed by atoms with Gasteiger partial charge in [0.15, 0.2) is 5.69 Å². The first-order valence-electron chi connectivity index (χ1n) is 10.5. The smallest absolute Gasteiger partial charge is 0.273 e. The van der Waals surface area contributed by atoms with Crippen molar-refractivity contribution in [1.82, 2.24) is 24.9 Å². The van der Waals surface area contributed by atoms with E-state index < -0.39 is 0 Å². The summed E-state index contributed by atoms with van der Waals surface area (Å²) < 4.78 is 10.1. The molecule has 1 unspecified atom stereocenters. The van der Waals surface area contributed by atoms with Gasteiger partial charge in [0, 0.05) is 32.0 Å². The molecule has 1 aliphatic carbocycles. The van der Waals surface area contributed by atoms with Crippen molar-refractivity contribution in [2.24, 2.45) is 5.41 Å².